The molecule has 1 saturated heterocycles. The summed E-state index contributed by atoms with van der Waals surface area (Å²) in [6.07, 6.45) is 4.81. The summed E-state index contributed by atoms with van der Waals surface area (Å²) in [4.78, 5) is 11.0. The Morgan fingerprint density at radius 1 is 1.38 bits per heavy atom. The van der Waals surface area contributed by atoms with Crippen LogP contribution in [-0.4, -0.2) is 34.2 Å². The Kier molecular flexibility index (Phi) is 4.45. The highest BCUT2D eigenvalue weighted by atomic mass is 35.5. The van der Waals surface area contributed by atoms with Crippen molar-refractivity contribution < 1.29 is 0 Å². The zero-order chi connectivity index (χ0) is 14.8. The van der Waals surface area contributed by atoms with Crippen LogP contribution in [-0.2, 0) is 0 Å². The summed E-state index contributed by atoms with van der Waals surface area (Å²) in [6, 6.07) is 2.33. The topological polar surface area (TPSA) is 53.1 Å². The molecular formula is C14H20ClN5S. The minimum atomic E-state index is 0.440. The average Bonchev–Trinajstić information content (AvgIpc) is 3.21. The maximum Gasteiger partial charge on any atom is 0.232 e. The second kappa shape index (κ2) is 6.32. The number of nitrogens with one attached hydrogen (secondary N) is 2. The first-order chi connectivity index (χ1) is 10.1. The summed E-state index contributed by atoms with van der Waals surface area (Å²) in [5.74, 6) is 2.02. The van der Waals surface area contributed by atoms with Crippen molar-refractivity contribution in [2.75, 3.05) is 23.3 Å². The van der Waals surface area contributed by atoms with Crippen LogP contribution in [0.2, 0.25) is 5.15 Å². The lowest BCUT2D eigenvalue weighted by Gasteiger charge is -2.32. The molecule has 1 unspecified atom stereocenters. The maximum atomic E-state index is 6.13. The van der Waals surface area contributed by atoms with E-state index >= 15 is 0 Å². The third-order valence-electron chi connectivity index (χ3n) is 3.80. The van der Waals surface area contributed by atoms with Crippen LogP contribution >= 0.6 is 23.8 Å². The fraction of sp³-hybridized carbons (Fsp3) is 0.643. The molecule has 0 radical (unpaired) electrons. The lowest BCUT2D eigenvalue weighted by atomic mass is 10.0. The predicted molar refractivity (Wildman–Crippen MR) is 90.0 cm³/mol. The van der Waals surface area contributed by atoms with Crippen LogP contribution in [0.25, 0.3) is 0 Å². The molecule has 1 aliphatic heterocycles. The van der Waals surface area contributed by atoms with E-state index < -0.39 is 0 Å². The molecule has 1 aromatic heterocycles. The van der Waals surface area contributed by atoms with Crippen molar-refractivity contribution in [2.45, 2.75) is 38.6 Å². The van der Waals surface area contributed by atoms with Gasteiger partial charge in [0.1, 0.15) is 11.0 Å². The van der Waals surface area contributed by atoms with Gasteiger partial charge in [-0.15, -0.1) is 0 Å². The standard InChI is InChI=1S/C14H20ClN5S/c1-9-3-2-6-20(8-9)12-7-11(15)17-13(18-12)19-14(21)16-10-4-5-10/h7,9-10H,2-6,8H2,1H3,(H2,16,17,18,19,21). The van der Waals surface area contributed by atoms with E-state index in [-0.39, 0.29) is 0 Å². The van der Waals surface area contributed by atoms with Crippen LogP contribution in [0.15, 0.2) is 6.07 Å². The van der Waals surface area contributed by atoms with Gasteiger partial charge in [0, 0.05) is 25.2 Å². The summed E-state index contributed by atoms with van der Waals surface area (Å²) < 4.78 is 0. The highest BCUT2D eigenvalue weighted by molar-refractivity contribution is 7.80. The molecule has 0 amide bonds. The Hall–Kier alpha value is -1.14. The average molecular weight is 326 g/mol. The summed E-state index contributed by atoms with van der Waals surface area (Å²) in [5, 5.41) is 7.25. The van der Waals surface area contributed by atoms with Crippen LogP contribution in [0.1, 0.15) is 32.6 Å². The number of piperidine rings is 1. The fourth-order valence-corrected chi connectivity index (χ4v) is 3.01. The quantitative estimate of drug-likeness (QED) is 0.658. The largest absolute Gasteiger partial charge is 0.360 e. The summed E-state index contributed by atoms with van der Waals surface area (Å²) in [7, 11) is 0. The molecule has 1 aliphatic carbocycles. The number of aromatic nitrogens is 2. The minimum absolute atomic E-state index is 0.440. The van der Waals surface area contributed by atoms with E-state index in [4.69, 9.17) is 23.8 Å². The van der Waals surface area contributed by atoms with Gasteiger partial charge in [-0.3, -0.25) is 0 Å². The van der Waals surface area contributed by atoms with Gasteiger partial charge < -0.3 is 15.5 Å². The Bertz CT molecular complexity index is 534. The molecular weight excluding hydrogens is 306 g/mol. The van der Waals surface area contributed by atoms with Crippen LogP contribution in [0.4, 0.5) is 11.8 Å². The Morgan fingerprint density at radius 2 is 2.19 bits per heavy atom. The molecule has 2 heterocycles. The Balaban J connectivity index is 1.70. The number of rotatable bonds is 3. The second-order valence-corrected chi connectivity index (χ2v) is 6.73. The van der Waals surface area contributed by atoms with Crippen molar-refractivity contribution in [3.63, 3.8) is 0 Å². The van der Waals surface area contributed by atoms with E-state index in [2.05, 4.69) is 32.4 Å². The molecule has 114 valence electrons. The van der Waals surface area contributed by atoms with E-state index in [1.807, 2.05) is 6.07 Å². The zero-order valence-corrected chi connectivity index (χ0v) is 13.7. The molecule has 2 aliphatic rings. The second-order valence-electron chi connectivity index (χ2n) is 5.94. The van der Waals surface area contributed by atoms with Crippen LogP contribution in [0.5, 0.6) is 0 Å². The number of halogens is 1. The number of thiocarbonyl (C=S) groups is 1. The first-order valence-electron chi connectivity index (χ1n) is 7.47. The number of anilines is 2. The molecule has 7 heteroatoms. The minimum Gasteiger partial charge on any atom is -0.360 e. The summed E-state index contributed by atoms with van der Waals surface area (Å²) >= 11 is 11.4. The van der Waals surface area contributed by atoms with Gasteiger partial charge in [-0.05, 0) is 43.8 Å². The Labute approximate surface area is 135 Å². The van der Waals surface area contributed by atoms with Crippen LogP contribution < -0.4 is 15.5 Å². The van der Waals surface area contributed by atoms with Crippen molar-refractivity contribution in [3.05, 3.63) is 11.2 Å². The van der Waals surface area contributed by atoms with E-state index in [9.17, 15) is 0 Å². The van der Waals surface area contributed by atoms with Crippen molar-refractivity contribution >= 4 is 40.7 Å². The van der Waals surface area contributed by atoms with Crippen molar-refractivity contribution in [3.8, 4) is 0 Å². The SMILES string of the molecule is CC1CCCN(c2cc(Cl)nc(NC(=S)NC3CC3)n2)C1. The molecule has 1 aromatic rings. The lowest BCUT2D eigenvalue weighted by molar-refractivity contribution is 0.444. The van der Waals surface area contributed by atoms with Gasteiger partial charge in [-0.1, -0.05) is 18.5 Å². The highest BCUT2D eigenvalue weighted by Gasteiger charge is 2.22. The summed E-state index contributed by atoms with van der Waals surface area (Å²) in [5.41, 5.74) is 0. The first-order valence-corrected chi connectivity index (χ1v) is 8.26. The van der Waals surface area contributed by atoms with E-state index in [1.54, 1.807) is 0 Å². The number of hydrogen-bond acceptors (Lipinski definition) is 4. The molecule has 0 aromatic carbocycles. The third kappa shape index (κ3) is 4.17. The normalized spacial score (nSPS) is 22.0. The molecule has 0 spiro atoms. The predicted octanol–water partition coefficient (Wildman–Crippen LogP) is 2.82. The smallest absolute Gasteiger partial charge is 0.232 e. The monoisotopic (exact) mass is 325 g/mol. The Morgan fingerprint density at radius 3 is 2.90 bits per heavy atom. The van der Waals surface area contributed by atoms with E-state index in [0.29, 0.717) is 28.2 Å². The zero-order valence-electron chi connectivity index (χ0n) is 12.1. The third-order valence-corrected chi connectivity index (χ3v) is 4.21. The molecule has 3 rings (SSSR count). The molecule has 0 bridgehead atoms. The van der Waals surface area contributed by atoms with Crippen molar-refractivity contribution in [1.82, 2.24) is 15.3 Å². The van der Waals surface area contributed by atoms with E-state index in [0.717, 1.165) is 18.9 Å². The summed E-state index contributed by atoms with van der Waals surface area (Å²) in [6.45, 7) is 4.29. The molecule has 21 heavy (non-hydrogen) atoms. The molecule has 2 fully saturated rings. The molecule has 1 saturated carbocycles. The van der Waals surface area contributed by atoms with Gasteiger partial charge in [0.2, 0.25) is 5.95 Å². The number of nitrogens with zero attached hydrogens (tertiary/aromatic N) is 3. The van der Waals surface area contributed by atoms with Gasteiger partial charge in [0.15, 0.2) is 5.11 Å². The number of hydrogen-bond donors (Lipinski definition) is 2. The van der Waals surface area contributed by atoms with Crippen LogP contribution in [0, 0.1) is 5.92 Å². The van der Waals surface area contributed by atoms with Gasteiger partial charge in [0.05, 0.1) is 0 Å². The molecule has 1 atom stereocenters. The molecule has 2 N–H and O–H groups in total. The lowest BCUT2D eigenvalue weighted by Crippen LogP contribution is -2.35. The van der Waals surface area contributed by atoms with E-state index in [1.165, 1.54) is 25.7 Å². The van der Waals surface area contributed by atoms with Gasteiger partial charge in [-0.25, -0.2) is 4.98 Å². The van der Waals surface area contributed by atoms with Gasteiger partial charge >= 0.3 is 0 Å². The van der Waals surface area contributed by atoms with Gasteiger partial charge in [0.25, 0.3) is 0 Å². The van der Waals surface area contributed by atoms with Crippen LogP contribution in [0.3, 0.4) is 0 Å². The molecule has 5 nitrogen and oxygen atoms in total. The van der Waals surface area contributed by atoms with Crippen molar-refractivity contribution in [1.29, 1.82) is 0 Å². The fourth-order valence-electron chi connectivity index (χ4n) is 2.57. The maximum absolute atomic E-state index is 6.13. The van der Waals surface area contributed by atoms with Gasteiger partial charge in [-0.2, -0.15) is 4.98 Å². The highest BCUT2D eigenvalue weighted by Crippen LogP contribution is 2.24. The first kappa shape index (κ1) is 14.8. The van der Waals surface area contributed by atoms with Crippen molar-refractivity contribution in [2.24, 2.45) is 5.92 Å².